The lowest BCUT2D eigenvalue weighted by Gasteiger charge is -2.06. The van der Waals surface area contributed by atoms with E-state index in [1.165, 1.54) is 7.11 Å². The summed E-state index contributed by atoms with van der Waals surface area (Å²) in [5.74, 6) is -0.429. The lowest BCUT2D eigenvalue weighted by atomic mass is 10.2. The van der Waals surface area contributed by atoms with Crippen LogP contribution >= 0.6 is 11.6 Å². The molecular formula is C19H24ClN3O3. The Bertz CT molecular complexity index is 744. The zero-order valence-corrected chi connectivity index (χ0v) is 15.9. The van der Waals surface area contributed by atoms with Gasteiger partial charge in [-0.05, 0) is 25.3 Å². The fourth-order valence-corrected chi connectivity index (χ4v) is 2.96. The second-order valence-corrected chi connectivity index (χ2v) is 6.40. The number of carbonyl (C=O) groups is 2. The average Bonchev–Trinajstić information content (AvgIpc) is 2.91. The number of benzene rings is 1. The van der Waals surface area contributed by atoms with Crippen molar-refractivity contribution in [2.75, 3.05) is 13.7 Å². The molecule has 0 aliphatic heterocycles. The Hall–Kier alpha value is -2.34. The lowest BCUT2D eigenvalue weighted by molar-refractivity contribution is -0.140. The van der Waals surface area contributed by atoms with Crippen LogP contribution in [0.4, 0.5) is 0 Å². The number of aromatic nitrogens is 2. The number of esters is 1. The molecule has 1 N–H and O–H groups in total. The van der Waals surface area contributed by atoms with Gasteiger partial charge in [0.25, 0.3) is 5.91 Å². The van der Waals surface area contributed by atoms with E-state index in [1.54, 1.807) is 11.6 Å². The summed E-state index contributed by atoms with van der Waals surface area (Å²) in [6, 6.07) is 9.83. The summed E-state index contributed by atoms with van der Waals surface area (Å²) in [6.45, 7) is 2.82. The quantitative estimate of drug-likeness (QED) is 0.537. The van der Waals surface area contributed by atoms with Gasteiger partial charge in [0.15, 0.2) is 0 Å². The molecule has 0 unspecified atom stereocenters. The molecule has 140 valence electrons. The number of unbranched alkanes of at least 4 members (excludes halogenated alkanes) is 2. The Morgan fingerprint density at radius 3 is 2.62 bits per heavy atom. The van der Waals surface area contributed by atoms with E-state index in [1.807, 2.05) is 30.3 Å². The molecule has 1 amide bonds. The van der Waals surface area contributed by atoms with Gasteiger partial charge in [-0.2, -0.15) is 5.10 Å². The molecule has 1 heterocycles. The molecule has 0 fully saturated rings. The van der Waals surface area contributed by atoms with Crippen molar-refractivity contribution in [3.05, 3.63) is 52.3 Å². The Balaban J connectivity index is 1.86. The van der Waals surface area contributed by atoms with E-state index in [9.17, 15) is 9.59 Å². The summed E-state index contributed by atoms with van der Waals surface area (Å²) < 4.78 is 6.23. The summed E-state index contributed by atoms with van der Waals surface area (Å²) in [5.41, 5.74) is 2.08. The first-order valence-electron chi connectivity index (χ1n) is 8.64. The summed E-state index contributed by atoms with van der Waals surface area (Å²) in [5, 5.41) is 7.59. The van der Waals surface area contributed by atoms with E-state index in [2.05, 4.69) is 15.2 Å². The summed E-state index contributed by atoms with van der Waals surface area (Å²) in [6.07, 6.45) is 2.78. The highest BCUT2D eigenvalue weighted by Gasteiger charge is 2.20. The Morgan fingerprint density at radius 2 is 1.92 bits per heavy atom. The van der Waals surface area contributed by atoms with Gasteiger partial charge >= 0.3 is 5.97 Å². The summed E-state index contributed by atoms with van der Waals surface area (Å²) in [4.78, 5) is 23.4. The molecule has 1 aromatic heterocycles. The number of nitrogens with one attached hydrogen (secondary N) is 1. The minimum atomic E-state index is -0.222. The van der Waals surface area contributed by atoms with Crippen LogP contribution < -0.4 is 5.32 Å². The molecule has 7 heteroatoms. The molecule has 0 aliphatic rings. The zero-order valence-electron chi connectivity index (χ0n) is 15.1. The number of ether oxygens (including phenoxy) is 1. The van der Waals surface area contributed by atoms with Crippen LogP contribution in [0.25, 0.3) is 0 Å². The smallest absolute Gasteiger partial charge is 0.305 e. The van der Waals surface area contributed by atoms with Crippen LogP contribution in [0, 0.1) is 6.92 Å². The van der Waals surface area contributed by atoms with Crippen LogP contribution in [0.1, 0.15) is 47.3 Å². The monoisotopic (exact) mass is 377 g/mol. The number of hydrogen-bond acceptors (Lipinski definition) is 4. The van der Waals surface area contributed by atoms with E-state index in [4.69, 9.17) is 11.6 Å². The largest absolute Gasteiger partial charge is 0.469 e. The highest BCUT2D eigenvalue weighted by Crippen LogP contribution is 2.21. The molecule has 0 aliphatic carbocycles. The van der Waals surface area contributed by atoms with E-state index in [0.717, 1.165) is 24.8 Å². The third-order valence-corrected chi connectivity index (χ3v) is 4.42. The number of halogens is 1. The van der Waals surface area contributed by atoms with Crippen molar-refractivity contribution in [2.24, 2.45) is 0 Å². The summed E-state index contributed by atoms with van der Waals surface area (Å²) in [7, 11) is 1.38. The first-order chi connectivity index (χ1) is 12.5. The van der Waals surface area contributed by atoms with Crippen molar-refractivity contribution in [3.63, 3.8) is 0 Å². The minimum absolute atomic E-state index is 0.206. The number of rotatable bonds is 9. The van der Waals surface area contributed by atoms with Gasteiger partial charge < -0.3 is 10.1 Å². The van der Waals surface area contributed by atoms with Crippen molar-refractivity contribution in [1.82, 2.24) is 15.1 Å². The van der Waals surface area contributed by atoms with Crippen LogP contribution in [0.2, 0.25) is 5.15 Å². The highest BCUT2D eigenvalue weighted by atomic mass is 35.5. The maximum Gasteiger partial charge on any atom is 0.305 e. The van der Waals surface area contributed by atoms with Crippen molar-refractivity contribution in [2.45, 2.75) is 39.2 Å². The second kappa shape index (κ2) is 9.97. The first kappa shape index (κ1) is 20.0. The van der Waals surface area contributed by atoms with Crippen LogP contribution in [0.15, 0.2) is 30.3 Å². The minimum Gasteiger partial charge on any atom is -0.469 e. The van der Waals surface area contributed by atoms with Crippen molar-refractivity contribution in [1.29, 1.82) is 0 Å². The molecule has 26 heavy (non-hydrogen) atoms. The van der Waals surface area contributed by atoms with Gasteiger partial charge in [-0.25, -0.2) is 4.68 Å². The van der Waals surface area contributed by atoms with Gasteiger partial charge in [-0.1, -0.05) is 48.4 Å². The SMILES string of the molecule is COC(=O)CCCCCNC(=O)c1c(C)nn(Cc2ccccc2)c1Cl. The molecule has 0 atom stereocenters. The fraction of sp³-hybridized carbons (Fsp3) is 0.421. The highest BCUT2D eigenvalue weighted by molar-refractivity contribution is 6.33. The maximum absolute atomic E-state index is 12.4. The number of methoxy groups -OCH3 is 1. The Kier molecular flexibility index (Phi) is 7.66. The third-order valence-electron chi connectivity index (χ3n) is 4.04. The predicted molar refractivity (Wildman–Crippen MR) is 100 cm³/mol. The van der Waals surface area contributed by atoms with E-state index >= 15 is 0 Å². The van der Waals surface area contributed by atoms with Gasteiger partial charge in [-0.15, -0.1) is 0 Å². The van der Waals surface area contributed by atoms with E-state index in [0.29, 0.717) is 35.9 Å². The standard InChI is InChI=1S/C19H24ClN3O3/c1-14-17(19(25)21-12-8-4-7-11-16(24)26-2)18(20)23(22-14)13-15-9-5-3-6-10-15/h3,5-6,9-10H,4,7-8,11-13H2,1-2H3,(H,21,25). The van der Waals surface area contributed by atoms with Crippen LogP contribution in [-0.4, -0.2) is 35.3 Å². The number of carbonyl (C=O) groups excluding carboxylic acids is 2. The molecular weight excluding hydrogens is 354 g/mol. The lowest BCUT2D eigenvalue weighted by Crippen LogP contribution is -2.25. The summed E-state index contributed by atoms with van der Waals surface area (Å²) >= 11 is 6.38. The van der Waals surface area contributed by atoms with Gasteiger partial charge in [0.1, 0.15) is 5.15 Å². The Morgan fingerprint density at radius 1 is 1.19 bits per heavy atom. The van der Waals surface area contributed by atoms with Gasteiger partial charge in [0.2, 0.25) is 0 Å². The van der Waals surface area contributed by atoms with E-state index in [-0.39, 0.29) is 11.9 Å². The fourth-order valence-electron chi connectivity index (χ4n) is 2.64. The normalized spacial score (nSPS) is 10.6. The Labute approximate surface area is 158 Å². The van der Waals surface area contributed by atoms with Crippen molar-refractivity contribution >= 4 is 23.5 Å². The van der Waals surface area contributed by atoms with Crippen LogP contribution in [0.5, 0.6) is 0 Å². The number of hydrogen-bond donors (Lipinski definition) is 1. The average molecular weight is 378 g/mol. The van der Waals surface area contributed by atoms with Crippen LogP contribution in [0.3, 0.4) is 0 Å². The number of amides is 1. The van der Waals surface area contributed by atoms with Gasteiger partial charge in [0, 0.05) is 13.0 Å². The van der Waals surface area contributed by atoms with Crippen LogP contribution in [-0.2, 0) is 16.1 Å². The molecule has 0 radical (unpaired) electrons. The molecule has 0 spiro atoms. The maximum atomic E-state index is 12.4. The molecule has 0 bridgehead atoms. The molecule has 1 aromatic carbocycles. The first-order valence-corrected chi connectivity index (χ1v) is 9.02. The van der Waals surface area contributed by atoms with Crippen molar-refractivity contribution in [3.8, 4) is 0 Å². The number of aryl methyl sites for hydroxylation is 1. The van der Waals surface area contributed by atoms with Gasteiger partial charge in [0.05, 0.1) is 24.9 Å². The van der Waals surface area contributed by atoms with E-state index < -0.39 is 0 Å². The molecule has 0 saturated heterocycles. The third kappa shape index (κ3) is 5.59. The predicted octanol–water partition coefficient (Wildman–Crippen LogP) is 3.36. The zero-order chi connectivity index (χ0) is 18.9. The molecule has 0 saturated carbocycles. The van der Waals surface area contributed by atoms with Crippen molar-refractivity contribution < 1.29 is 14.3 Å². The van der Waals surface area contributed by atoms with Gasteiger partial charge in [-0.3, -0.25) is 9.59 Å². The molecule has 6 nitrogen and oxygen atoms in total. The topological polar surface area (TPSA) is 73.2 Å². The second-order valence-electron chi connectivity index (χ2n) is 6.04. The molecule has 2 rings (SSSR count). The number of nitrogens with zero attached hydrogens (tertiary/aromatic N) is 2. The molecule has 2 aromatic rings.